The summed E-state index contributed by atoms with van der Waals surface area (Å²) in [4.78, 5) is 7.25. The summed E-state index contributed by atoms with van der Waals surface area (Å²) in [5, 5.41) is 0.655. The van der Waals surface area contributed by atoms with Crippen molar-refractivity contribution in [1.82, 2.24) is 9.71 Å². The maximum absolute atomic E-state index is 13.0. The normalized spacial score (nSPS) is 17.5. The summed E-state index contributed by atoms with van der Waals surface area (Å²) in [6.07, 6.45) is 4.44. The van der Waals surface area contributed by atoms with E-state index in [1.807, 2.05) is 43.6 Å². The minimum Gasteiger partial charge on any atom is -0.370 e. The number of sulfonamides is 1. The fourth-order valence-corrected chi connectivity index (χ4v) is 6.78. The molecule has 0 radical (unpaired) electrons. The fraction of sp³-hybridized carbons (Fsp3) is 0.192. The Labute approximate surface area is 209 Å². The lowest BCUT2D eigenvalue weighted by molar-refractivity contribution is 0.582. The van der Waals surface area contributed by atoms with Crippen LogP contribution in [0.2, 0.25) is 5.02 Å². The van der Waals surface area contributed by atoms with Gasteiger partial charge >= 0.3 is 0 Å². The molecule has 0 spiro atoms. The molecule has 5 rings (SSSR count). The van der Waals surface area contributed by atoms with Crippen molar-refractivity contribution in [2.45, 2.75) is 29.1 Å². The van der Waals surface area contributed by atoms with Gasteiger partial charge in [-0.2, -0.15) is 0 Å². The zero-order valence-electron chi connectivity index (χ0n) is 18.6. The predicted molar refractivity (Wildman–Crippen MR) is 139 cm³/mol. The Bertz CT molecular complexity index is 1390. The first-order valence-corrected chi connectivity index (χ1v) is 13.6. The van der Waals surface area contributed by atoms with Gasteiger partial charge in [0, 0.05) is 53.5 Å². The van der Waals surface area contributed by atoms with E-state index in [9.17, 15) is 8.42 Å². The molecule has 1 aliphatic rings. The average Bonchev–Trinajstić information content (AvgIpc) is 3.39. The second-order valence-electron chi connectivity index (χ2n) is 8.51. The van der Waals surface area contributed by atoms with Gasteiger partial charge in [-0.05, 0) is 65.6 Å². The molecule has 2 atom stereocenters. The van der Waals surface area contributed by atoms with Crippen molar-refractivity contribution >= 4 is 38.6 Å². The summed E-state index contributed by atoms with van der Waals surface area (Å²) in [5.74, 6) is 0.178. The Balaban J connectivity index is 1.25. The molecule has 1 fully saturated rings. The van der Waals surface area contributed by atoms with Gasteiger partial charge in [0.05, 0.1) is 0 Å². The fourth-order valence-electron chi connectivity index (χ4n) is 4.03. The highest BCUT2D eigenvalue weighted by atomic mass is 35.5. The zero-order chi connectivity index (χ0) is 23.7. The lowest BCUT2D eigenvalue weighted by Crippen LogP contribution is -2.26. The second kappa shape index (κ2) is 9.50. The van der Waals surface area contributed by atoms with Gasteiger partial charge < -0.3 is 4.90 Å². The topological polar surface area (TPSA) is 62.3 Å². The van der Waals surface area contributed by atoms with Crippen molar-refractivity contribution < 1.29 is 8.42 Å². The molecule has 0 amide bonds. The van der Waals surface area contributed by atoms with E-state index in [0.717, 1.165) is 40.2 Å². The third-order valence-corrected chi connectivity index (χ3v) is 9.32. The van der Waals surface area contributed by atoms with Crippen LogP contribution >= 0.6 is 22.9 Å². The van der Waals surface area contributed by atoms with Crippen LogP contribution < -0.4 is 9.62 Å². The molecule has 0 aliphatic heterocycles. The number of benzene rings is 2. The Morgan fingerprint density at radius 1 is 1.09 bits per heavy atom. The van der Waals surface area contributed by atoms with Crippen LogP contribution in [0.25, 0.3) is 10.4 Å². The molecule has 4 aromatic rings. The van der Waals surface area contributed by atoms with E-state index < -0.39 is 10.0 Å². The number of hydrogen-bond acceptors (Lipinski definition) is 5. The highest BCUT2D eigenvalue weighted by molar-refractivity contribution is 7.91. The SMILES string of the molecule is CN(Cc1cccnc1)c1cccc([C@H]2C[C@@H]2NS(=O)(=O)c2ccc(-c3ccc(Cl)cc3)s2)c1. The molecule has 34 heavy (non-hydrogen) atoms. The molecular formula is C26H24ClN3O2S2. The van der Waals surface area contributed by atoms with Crippen molar-refractivity contribution in [2.75, 3.05) is 11.9 Å². The number of nitrogens with one attached hydrogen (secondary N) is 1. The van der Waals surface area contributed by atoms with E-state index in [-0.39, 0.29) is 12.0 Å². The Morgan fingerprint density at radius 2 is 1.91 bits per heavy atom. The van der Waals surface area contributed by atoms with Gasteiger partial charge in [0.15, 0.2) is 0 Å². The number of hydrogen-bond donors (Lipinski definition) is 1. The maximum atomic E-state index is 13.0. The van der Waals surface area contributed by atoms with E-state index >= 15 is 0 Å². The molecule has 2 aromatic heterocycles. The van der Waals surface area contributed by atoms with Crippen LogP contribution in [-0.2, 0) is 16.6 Å². The summed E-state index contributed by atoms with van der Waals surface area (Å²) in [7, 11) is -1.53. The van der Waals surface area contributed by atoms with E-state index in [2.05, 4.69) is 38.9 Å². The average molecular weight is 510 g/mol. The molecule has 1 aliphatic carbocycles. The van der Waals surface area contributed by atoms with Crippen LogP contribution in [-0.4, -0.2) is 26.5 Å². The van der Waals surface area contributed by atoms with Gasteiger partial charge in [-0.1, -0.05) is 41.9 Å². The van der Waals surface area contributed by atoms with Crippen LogP contribution in [0.1, 0.15) is 23.5 Å². The molecule has 0 bridgehead atoms. The number of rotatable bonds is 8. The molecule has 0 saturated heterocycles. The molecule has 8 heteroatoms. The zero-order valence-corrected chi connectivity index (χ0v) is 20.9. The Hall–Kier alpha value is -2.71. The van der Waals surface area contributed by atoms with Crippen molar-refractivity contribution in [3.63, 3.8) is 0 Å². The first-order valence-electron chi connectivity index (χ1n) is 11.0. The van der Waals surface area contributed by atoms with Gasteiger partial charge in [-0.15, -0.1) is 11.3 Å². The summed E-state index contributed by atoms with van der Waals surface area (Å²) < 4.78 is 29.2. The quantitative estimate of drug-likeness (QED) is 0.319. The van der Waals surface area contributed by atoms with Crippen LogP contribution in [0.15, 0.2) is 89.4 Å². The minimum atomic E-state index is -3.58. The number of aromatic nitrogens is 1. The number of thiophene rings is 1. The van der Waals surface area contributed by atoms with Crippen LogP contribution in [0.3, 0.4) is 0 Å². The third kappa shape index (κ3) is 5.18. The van der Waals surface area contributed by atoms with E-state index in [1.54, 1.807) is 24.4 Å². The van der Waals surface area contributed by atoms with Crippen molar-refractivity contribution in [3.05, 3.63) is 101 Å². The highest BCUT2D eigenvalue weighted by Crippen LogP contribution is 2.43. The molecule has 2 heterocycles. The smallest absolute Gasteiger partial charge is 0.250 e. The van der Waals surface area contributed by atoms with Gasteiger partial charge in [0.2, 0.25) is 10.0 Å². The number of nitrogens with zero attached hydrogens (tertiary/aromatic N) is 2. The molecule has 1 N–H and O–H groups in total. The maximum Gasteiger partial charge on any atom is 0.250 e. The lowest BCUT2D eigenvalue weighted by atomic mass is 10.1. The van der Waals surface area contributed by atoms with E-state index in [0.29, 0.717) is 9.23 Å². The van der Waals surface area contributed by atoms with Gasteiger partial charge in [-0.25, -0.2) is 13.1 Å². The summed E-state index contributed by atoms with van der Waals surface area (Å²) in [6.45, 7) is 0.756. The first kappa shape index (κ1) is 23.1. The predicted octanol–water partition coefficient (Wildman–Crippen LogP) is 5.93. The van der Waals surface area contributed by atoms with Gasteiger partial charge in [0.1, 0.15) is 4.21 Å². The highest BCUT2D eigenvalue weighted by Gasteiger charge is 2.41. The molecular weight excluding hydrogens is 486 g/mol. The van der Waals surface area contributed by atoms with Crippen LogP contribution in [0, 0.1) is 0 Å². The first-order chi connectivity index (χ1) is 16.4. The number of halogens is 1. The Morgan fingerprint density at radius 3 is 2.68 bits per heavy atom. The number of anilines is 1. The van der Waals surface area contributed by atoms with Crippen LogP contribution in [0.5, 0.6) is 0 Å². The monoisotopic (exact) mass is 509 g/mol. The number of pyridine rings is 1. The lowest BCUT2D eigenvalue weighted by Gasteiger charge is -2.20. The standard InChI is InChI=1S/C26H24ClN3O2S2/c1-30(17-18-4-3-13-28-16-18)22-6-2-5-20(14-22)23-15-24(23)29-34(31,32)26-12-11-25(33-26)19-7-9-21(27)10-8-19/h2-14,16,23-24,29H,15,17H2,1H3/t23-,24+/m1/s1. The molecule has 5 nitrogen and oxygen atoms in total. The summed E-state index contributed by atoms with van der Waals surface area (Å²) in [5.41, 5.74) is 4.34. The molecule has 2 aromatic carbocycles. The van der Waals surface area contributed by atoms with Gasteiger partial charge in [0.25, 0.3) is 0 Å². The van der Waals surface area contributed by atoms with Crippen molar-refractivity contribution in [1.29, 1.82) is 0 Å². The third-order valence-electron chi connectivity index (χ3n) is 5.95. The second-order valence-corrected chi connectivity index (χ2v) is 12.0. The molecule has 1 saturated carbocycles. The summed E-state index contributed by atoms with van der Waals surface area (Å²) in [6, 6.07) is 23.1. The van der Waals surface area contributed by atoms with Crippen LogP contribution in [0.4, 0.5) is 5.69 Å². The van der Waals surface area contributed by atoms with Crippen molar-refractivity contribution in [2.24, 2.45) is 0 Å². The Kier molecular flexibility index (Phi) is 6.44. The van der Waals surface area contributed by atoms with Gasteiger partial charge in [-0.3, -0.25) is 4.98 Å². The minimum absolute atomic E-state index is 0.0926. The molecule has 0 unspecified atom stereocenters. The van der Waals surface area contributed by atoms with E-state index in [1.165, 1.54) is 11.3 Å². The van der Waals surface area contributed by atoms with E-state index in [4.69, 9.17) is 11.6 Å². The molecule has 174 valence electrons. The van der Waals surface area contributed by atoms with Crippen molar-refractivity contribution in [3.8, 4) is 10.4 Å². The largest absolute Gasteiger partial charge is 0.370 e. The summed E-state index contributed by atoms with van der Waals surface area (Å²) >= 11 is 7.23.